The minimum absolute atomic E-state index is 0.00545. The minimum Gasteiger partial charge on any atom is -0.493 e. The maximum absolute atomic E-state index is 12.4. The number of H-pyrrole nitrogens is 1. The smallest absolute Gasteiger partial charge is 0.240 e. The third-order valence-electron chi connectivity index (χ3n) is 3.95. The van der Waals surface area contributed by atoms with Gasteiger partial charge in [-0.25, -0.2) is 13.1 Å². The summed E-state index contributed by atoms with van der Waals surface area (Å²) in [6.45, 7) is 0.337. The Bertz CT molecular complexity index is 984. The van der Waals surface area contributed by atoms with Gasteiger partial charge in [0.15, 0.2) is 16.3 Å². The van der Waals surface area contributed by atoms with Crippen molar-refractivity contribution in [2.24, 2.45) is 7.05 Å². The van der Waals surface area contributed by atoms with E-state index in [9.17, 15) is 13.2 Å². The fraction of sp³-hybridized carbons (Fsp3) is 0.438. The van der Waals surface area contributed by atoms with E-state index in [1.807, 2.05) is 0 Å². The summed E-state index contributed by atoms with van der Waals surface area (Å²) < 4.78 is 39.5. The molecule has 0 atom stereocenters. The number of hydrogen-bond donors (Lipinski definition) is 3. The van der Waals surface area contributed by atoms with Gasteiger partial charge in [-0.2, -0.15) is 5.10 Å². The molecule has 3 N–H and O–H groups in total. The van der Waals surface area contributed by atoms with Gasteiger partial charge in [0, 0.05) is 39.0 Å². The number of carbonyl (C=O) groups excluding carboxylic acids is 1. The lowest BCUT2D eigenvalue weighted by Crippen LogP contribution is -2.32. The van der Waals surface area contributed by atoms with Crippen LogP contribution in [0.2, 0.25) is 0 Å². The standard InChI is InChI=1S/C16H23N5O5S2/c1-21-14(19-20-16(21)27)6-8-17-15(22)7-9-18-28(23,24)11-4-5-12(25-2)13(10-11)26-3/h4-5,10,18H,6-9H2,1-3H3,(H,17,22)(H,20,27). The second-order valence-electron chi connectivity index (χ2n) is 5.77. The predicted octanol–water partition coefficient (Wildman–Crippen LogP) is 0.522. The van der Waals surface area contributed by atoms with Gasteiger partial charge in [0.05, 0.1) is 19.1 Å². The zero-order chi connectivity index (χ0) is 20.7. The Kier molecular flexibility index (Phi) is 7.54. The molecular weight excluding hydrogens is 406 g/mol. The fourth-order valence-corrected chi connectivity index (χ4v) is 3.57. The first-order chi connectivity index (χ1) is 13.3. The van der Waals surface area contributed by atoms with Gasteiger partial charge in [-0.3, -0.25) is 9.89 Å². The van der Waals surface area contributed by atoms with Crippen LogP contribution in [0.3, 0.4) is 0 Å². The first-order valence-corrected chi connectivity index (χ1v) is 10.3. The van der Waals surface area contributed by atoms with E-state index < -0.39 is 10.0 Å². The number of sulfonamides is 1. The lowest BCUT2D eigenvalue weighted by Gasteiger charge is -2.11. The van der Waals surface area contributed by atoms with Crippen LogP contribution >= 0.6 is 12.2 Å². The zero-order valence-electron chi connectivity index (χ0n) is 15.8. The molecule has 1 amide bonds. The lowest BCUT2D eigenvalue weighted by atomic mass is 10.3. The molecule has 0 bridgehead atoms. The molecule has 1 heterocycles. The Labute approximate surface area is 168 Å². The van der Waals surface area contributed by atoms with Crippen molar-refractivity contribution in [3.63, 3.8) is 0 Å². The van der Waals surface area contributed by atoms with Crippen molar-refractivity contribution in [1.82, 2.24) is 24.8 Å². The molecule has 154 valence electrons. The largest absolute Gasteiger partial charge is 0.493 e. The number of aromatic amines is 1. The summed E-state index contributed by atoms with van der Waals surface area (Å²) >= 11 is 5.02. The maximum Gasteiger partial charge on any atom is 0.240 e. The monoisotopic (exact) mass is 429 g/mol. The van der Waals surface area contributed by atoms with Crippen LogP contribution < -0.4 is 19.5 Å². The summed E-state index contributed by atoms with van der Waals surface area (Å²) in [6, 6.07) is 4.27. The number of nitrogens with zero attached hydrogens (tertiary/aromatic N) is 2. The Morgan fingerprint density at radius 3 is 2.57 bits per heavy atom. The summed E-state index contributed by atoms with van der Waals surface area (Å²) in [7, 11) is 0.894. The number of ether oxygens (including phenoxy) is 2. The van der Waals surface area contributed by atoms with Crippen molar-refractivity contribution >= 4 is 28.1 Å². The number of carbonyl (C=O) groups is 1. The van der Waals surface area contributed by atoms with Gasteiger partial charge in [0.1, 0.15) is 5.82 Å². The molecule has 2 aromatic rings. The number of amides is 1. The van der Waals surface area contributed by atoms with Crippen LogP contribution in [-0.2, 0) is 28.3 Å². The van der Waals surface area contributed by atoms with E-state index in [1.54, 1.807) is 11.6 Å². The molecule has 2 rings (SSSR count). The van der Waals surface area contributed by atoms with Crippen molar-refractivity contribution in [3.05, 3.63) is 28.8 Å². The number of rotatable bonds is 10. The van der Waals surface area contributed by atoms with Crippen LogP contribution in [0.4, 0.5) is 0 Å². The summed E-state index contributed by atoms with van der Waals surface area (Å²) in [4.78, 5) is 11.9. The first kappa shape index (κ1) is 21.9. The highest BCUT2D eigenvalue weighted by Gasteiger charge is 2.17. The molecule has 28 heavy (non-hydrogen) atoms. The molecule has 0 saturated heterocycles. The number of hydrogen-bond acceptors (Lipinski definition) is 7. The van der Waals surface area contributed by atoms with E-state index in [2.05, 4.69) is 20.2 Å². The van der Waals surface area contributed by atoms with E-state index in [-0.39, 0.29) is 23.8 Å². The van der Waals surface area contributed by atoms with E-state index in [0.29, 0.717) is 29.2 Å². The molecule has 1 aromatic carbocycles. The molecule has 0 radical (unpaired) electrons. The van der Waals surface area contributed by atoms with E-state index >= 15 is 0 Å². The molecule has 0 aliphatic rings. The van der Waals surface area contributed by atoms with Gasteiger partial charge in [-0.05, 0) is 24.4 Å². The lowest BCUT2D eigenvalue weighted by molar-refractivity contribution is -0.120. The van der Waals surface area contributed by atoms with Crippen LogP contribution in [-0.4, -0.2) is 56.4 Å². The molecule has 1 aromatic heterocycles. The Morgan fingerprint density at radius 2 is 1.96 bits per heavy atom. The average molecular weight is 430 g/mol. The van der Waals surface area contributed by atoms with Crippen LogP contribution in [0.25, 0.3) is 0 Å². The van der Waals surface area contributed by atoms with Crippen molar-refractivity contribution in [2.45, 2.75) is 17.7 Å². The van der Waals surface area contributed by atoms with Crippen molar-refractivity contribution < 1.29 is 22.7 Å². The van der Waals surface area contributed by atoms with Gasteiger partial charge < -0.3 is 19.4 Å². The van der Waals surface area contributed by atoms with Gasteiger partial charge >= 0.3 is 0 Å². The first-order valence-electron chi connectivity index (χ1n) is 8.37. The third kappa shape index (κ3) is 5.53. The quantitative estimate of drug-likeness (QED) is 0.470. The Morgan fingerprint density at radius 1 is 1.25 bits per heavy atom. The maximum atomic E-state index is 12.4. The van der Waals surface area contributed by atoms with Crippen LogP contribution in [0.5, 0.6) is 11.5 Å². The molecule has 0 unspecified atom stereocenters. The molecule has 0 fully saturated rings. The molecular formula is C16H23N5O5S2. The number of aromatic nitrogens is 3. The third-order valence-corrected chi connectivity index (χ3v) is 5.78. The summed E-state index contributed by atoms with van der Waals surface area (Å²) in [5.74, 6) is 1.18. The predicted molar refractivity (Wildman–Crippen MR) is 104 cm³/mol. The molecule has 10 nitrogen and oxygen atoms in total. The second kappa shape index (κ2) is 9.66. The van der Waals surface area contributed by atoms with Crippen molar-refractivity contribution in [1.29, 1.82) is 0 Å². The number of benzene rings is 1. The topological polar surface area (TPSA) is 127 Å². The Hall–Kier alpha value is -2.44. The van der Waals surface area contributed by atoms with Gasteiger partial charge in [0.25, 0.3) is 0 Å². The molecule has 0 saturated carbocycles. The highest BCUT2D eigenvalue weighted by atomic mass is 32.2. The zero-order valence-corrected chi connectivity index (χ0v) is 17.4. The van der Waals surface area contributed by atoms with Crippen molar-refractivity contribution in [2.75, 3.05) is 27.3 Å². The summed E-state index contributed by atoms with van der Waals surface area (Å²) in [5.41, 5.74) is 0. The number of methoxy groups -OCH3 is 2. The van der Waals surface area contributed by atoms with Crippen LogP contribution in [0.15, 0.2) is 23.1 Å². The molecule has 12 heteroatoms. The SMILES string of the molecule is COc1ccc(S(=O)(=O)NCCC(=O)NCCc2n[nH]c(=S)n2C)cc1OC. The molecule has 0 spiro atoms. The van der Waals surface area contributed by atoms with Crippen LogP contribution in [0.1, 0.15) is 12.2 Å². The highest BCUT2D eigenvalue weighted by molar-refractivity contribution is 7.89. The van der Waals surface area contributed by atoms with E-state index in [0.717, 1.165) is 5.82 Å². The molecule has 0 aliphatic carbocycles. The Balaban J connectivity index is 1.82. The van der Waals surface area contributed by atoms with Crippen molar-refractivity contribution in [3.8, 4) is 11.5 Å². The molecule has 0 aliphatic heterocycles. The second-order valence-corrected chi connectivity index (χ2v) is 7.92. The van der Waals surface area contributed by atoms with Crippen LogP contribution in [0, 0.1) is 4.77 Å². The highest BCUT2D eigenvalue weighted by Crippen LogP contribution is 2.29. The summed E-state index contributed by atoms with van der Waals surface area (Å²) in [5, 5.41) is 9.43. The number of nitrogens with one attached hydrogen (secondary N) is 3. The van der Waals surface area contributed by atoms with Gasteiger partial charge in [-0.1, -0.05) is 0 Å². The fourth-order valence-electron chi connectivity index (χ4n) is 2.37. The summed E-state index contributed by atoms with van der Waals surface area (Å²) in [6.07, 6.45) is 0.512. The van der Waals surface area contributed by atoms with E-state index in [1.165, 1.54) is 32.4 Å². The average Bonchev–Trinajstić information content (AvgIpc) is 2.99. The van der Waals surface area contributed by atoms with Gasteiger partial charge in [-0.15, -0.1) is 0 Å². The van der Waals surface area contributed by atoms with E-state index in [4.69, 9.17) is 21.7 Å². The van der Waals surface area contributed by atoms with Gasteiger partial charge in [0.2, 0.25) is 15.9 Å². The minimum atomic E-state index is -3.77. The normalized spacial score (nSPS) is 11.2.